The zero-order chi connectivity index (χ0) is 21.9. The van der Waals surface area contributed by atoms with E-state index in [2.05, 4.69) is 60.5 Å². The van der Waals surface area contributed by atoms with Crippen LogP contribution in [-0.2, 0) is 19.3 Å². The summed E-state index contributed by atoms with van der Waals surface area (Å²) in [7, 11) is 0. The molecule has 1 aliphatic rings. The number of hydrogen-bond donors (Lipinski definition) is 2. The summed E-state index contributed by atoms with van der Waals surface area (Å²) in [6.45, 7) is 9.01. The Hall–Kier alpha value is -0.880. The van der Waals surface area contributed by atoms with Crippen LogP contribution >= 0.6 is 34.0 Å². The summed E-state index contributed by atoms with van der Waals surface area (Å²) in [6, 6.07) is 15.4. The Morgan fingerprint density at radius 2 is 1.70 bits per heavy atom. The maximum absolute atomic E-state index is 10.0. The van der Waals surface area contributed by atoms with Crippen molar-refractivity contribution >= 4 is 34.0 Å². The summed E-state index contributed by atoms with van der Waals surface area (Å²) in [5.74, 6) is 0.456. The molecule has 0 aliphatic heterocycles. The van der Waals surface area contributed by atoms with Gasteiger partial charge in [-0.3, -0.25) is 0 Å². The number of unbranched alkanes of at least 4 members (excludes halogenated alkanes) is 3. The van der Waals surface area contributed by atoms with Crippen molar-refractivity contribution in [1.29, 1.82) is 0 Å². The molecule has 0 radical (unpaired) electrons. The minimum absolute atomic E-state index is 0. The summed E-state index contributed by atoms with van der Waals surface area (Å²) in [4.78, 5) is 2.74. The summed E-state index contributed by atoms with van der Waals surface area (Å²) in [6.07, 6.45) is 11.1. The van der Waals surface area contributed by atoms with Gasteiger partial charge in [-0.1, -0.05) is 56.2 Å². The van der Waals surface area contributed by atoms with Crippen molar-refractivity contribution in [2.45, 2.75) is 77.7 Å². The molecule has 3 nitrogen and oxygen atoms in total. The summed E-state index contributed by atoms with van der Waals surface area (Å²) < 4.78 is 0. The van der Waals surface area contributed by atoms with Gasteiger partial charge in [0.1, 0.15) is 5.75 Å². The van der Waals surface area contributed by atoms with Crippen LogP contribution in [0, 0.1) is 6.92 Å². The van der Waals surface area contributed by atoms with E-state index in [1.54, 1.807) is 0 Å². The Morgan fingerprint density at radius 3 is 2.45 bits per heavy atom. The molecule has 1 aliphatic carbocycles. The lowest BCUT2D eigenvalue weighted by molar-refractivity contribution is 0.176. The van der Waals surface area contributed by atoms with Crippen LogP contribution in [0.5, 0.6) is 5.75 Å². The third kappa shape index (κ3) is 9.71. The molecule has 1 atom stereocenters. The van der Waals surface area contributed by atoms with Gasteiger partial charge in [0.15, 0.2) is 0 Å². The van der Waals surface area contributed by atoms with Gasteiger partial charge in [-0.25, -0.2) is 0 Å². The molecule has 0 amide bonds. The van der Waals surface area contributed by atoms with Crippen molar-refractivity contribution < 1.29 is 5.11 Å². The first-order valence-electron chi connectivity index (χ1n) is 12.5. The van der Waals surface area contributed by atoms with E-state index in [1.165, 1.54) is 68.3 Å². The maximum Gasteiger partial charge on any atom is 0.118 e. The van der Waals surface area contributed by atoms with E-state index < -0.39 is 0 Å². The quantitative estimate of drug-likeness (QED) is 0.254. The van der Waals surface area contributed by atoms with Gasteiger partial charge >= 0.3 is 0 Å². The Balaban J connectivity index is 0.00000272. The first kappa shape index (κ1) is 30.2. The number of hydrogen-bond acceptors (Lipinski definition) is 3. The van der Waals surface area contributed by atoms with Crippen molar-refractivity contribution in [2.75, 3.05) is 26.2 Å². The zero-order valence-corrected chi connectivity index (χ0v) is 23.9. The molecule has 2 aromatic carbocycles. The van der Waals surface area contributed by atoms with Gasteiger partial charge in [0.2, 0.25) is 0 Å². The van der Waals surface area contributed by atoms with Crippen molar-refractivity contribution in [2.24, 2.45) is 0 Å². The highest BCUT2D eigenvalue weighted by atomic mass is 79.9. The molecule has 0 unspecified atom stereocenters. The van der Waals surface area contributed by atoms with E-state index in [9.17, 15) is 5.11 Å². The van der Waals surface area contributed by atoms with Crippen LogP contribution in [0.15, 0.2) is 42.5 Å². The molecule has 2 N–H and O–H groups in total. The molecule has 0 aromatic heterocycles. The second-order valence-corrected chi connectivity index (χ2v) is 9.18. The Labute approximate surface area is 222 Å². The number of nitrogens with one attached hydrogen (secondary N) is 1. The lowest BCUT2D eigenvalue weighted by atomic mass is 9.84. The van der Waals surface area contributed by atoms with Gasteiger partial charge in [0.05, 0.1) is 0 Å². The van der Waals surface area contributed by atoms with Crippen LogP contribution in [0.3, 0.4) is 0 Å². The average Bonchev–Trinajstić information content (AvgIpc) is 2.80. The van der Waals surface area contributed by atoms with Crippen LogP contribution < -0.4 is 5.32 Å². The molecule has 0 heterocycles. The monoisotopic (exact) mass is 582 g/mol. The van der Waals surface area contributed by atoms with Crippen molar-refractivity contribution in [3.63, 3.8) is 0 Å². The molecule has 0 saturated carbocycles. The van der Waals surface area contributed by atoms with Crippen LogP contribution in [-0.4, -0.2) is 42.2 Å². The molecule has 0 bridgehead atoms. The third-order valence-corrected chi connectivity index (χ3v) is 6.86. The Morgan fingerprint density at radius 1 is 0.939 bits per heavy atom. The summed E-state index contributed by atoms with van der Waals surface area (Å²) >= 11 is 0. The summed E-state index contributed by atoms with van der Waals surface area (Å²) in [5.41, 5.74) is 5.36. The van der Waals surface area contributed by atoms with E-state index in [1.807, 2.05) is 6.07 Å². The van der Waals surface area contributed by atoms with Crippen LogP contribution in [0.1, 0.15) is 67.7 Å². The number of benzene rings is 2. The number of halogens is 2. The van der Waals surface area contributed by atoms with Crippen molar-refractivity contribution in [3.05, 3.63) is 64.7 Å². The standard InChI is InChI=1S/C28H42N2O.2BrH/c1-3-20-30(26-14-15-27-23(2)28(31)16-13-25(27)22-26)21-10-5-4-9-18-29-19-17-24-11-7-6-8-12-24;;/h6-8,11-13,16,26,29,31H,3-5,9-10,14-15,17-22H2,1-2H3;2*1H/t26-;;/m0../s1. The maximum atomic E-state index is 10.0. The number of aromatic hydroxyl groups is 1. The van der Waals surface area contributed by atoms with Crippen molar-refractivity contribution in [3.8, 4) is 5.75 Å². The first-order chi connectivity index (χ1) is 15.2. The third-order valence-electron chi connectivity index (χ3n) is 6.86. The topological polar surface area (TPSA) is 35.5 Å². The van der Waals surface area contributed by atoms with Gasteiger partial charge < -0.3 is 15.3 Å². The SMILES string of the molecule is Br.Br.CCCN(CCCCCCNCCc1ccccc1)[C@H]1CCc2c(ccc(O)c2C)C1. The fraction of sp³-hybridized carbons (Fsp3) is 0.571. The van der Waals surface area contributed by atoms with Gasteiger partial charge in [0.25, 0.3) is 0 Å². The second kappa shape index (κ2) is 16.7. The summed E-state index contributed by atoms with van der Waals surface area (Å²) in [5, 5.41) is 13.6. The zero-order valence-electron chi connectivity index (χ0n) is 20.5. The number of rotatable bonds is 13. The number of phenols is 1. The molecule has 0 fully saturated rings. The van der Waals surface area contributed by atoms with E-state index in [-0.39, 0.29) is 34.0 Å². The molecule has 3 rings (SSSR count). The van der Waals surface area contributed by atoms with E-state index in [0.29, 0.717) is 11.8 Å². The van der Waals surface area contributed by atoms with Gasteiger partial charge in [0, 0.05) is 6.04 Å². The van der Waals surface area contributed by atoms with Crippen molar-refractivity contribution in [1.82, 2.24) is 10.2 Å². The lowest BCUT2D eigenvalue weighted by Gasteiger charge is -2.36. The predicted molar refractivity (Wildman–Crippen MR) is 153 cm³/mol. The number of phenolic OH excluding ortho intramolecular Hbond substituents is 1. The minimum atomic E-state index is 0. The molecular formula is C28H44Br2N2O. The molecule has 186 valence electrons. The number of fused-ring (bicyclic) bond motifs is 1. The minimum Gasteiger partial charge on any atom is -0.508 e. The molecular weight excluding hydrogens is 540 g/mol. The highest BCUT2D eigenvalue weighted by Crippen LogP contribution is 2.31. The normalized spacial score (nSPS) is 14.9. The van der Waals surface area contributed by atoms with Gasteiger partial charge in [-0.05, 0) is 106 Å². The highest BCUT2D eigenvalue weighted by Gasteiger charge is 2.25. The fourth-order valence-electron chi connectivity index (χ4n) is 5.00. The predicted octanol–water partition coefficient (Wildman–Crippen LogP) is 6.82. The molecule has 5 heteroatoms. The van der Waals surface area contributed by atoms with Crippen LogP contribution in [0.2, 0.25) is 0 Å². The van der Waals surface area contributed by atoms with E-state index in [4.69, 9.17) is 0 Å². The highest BCUT2D eigenvalue weighted by molar-refractivity contribution is 8.93. The van der Waals surface area contributed by atoms with Gasteiger partial charge in [-0.15, -0.1) is 34.0 Å². The average molecular weight is 584 g/mol. The second-order valence-electron chi connectivity index (χ2n) is 9.18. The lowest BCUT2D eigenvalue weighted by Crippen LogP contribution is -2.40. The fourth-order valence-corrected chi connectivity index (χ4v) is 5.00. The Kier molecular flexibility index (Phi) is 15.3. The van der Waals surface area contributed by atoms with Crippen LogP contribution in [0.4, 0.5) is 0 Å². The molecule has 33 heavy (non-hydrogen) atoms. The Bertz CT molecular complexity index is 785. The van der Waals surface area contributed by atoms with Gasteiger partial charge in [-0.2, -0.15) is 0 Å². The van der Waals surface area contributed by atoms with E-state index >= 15 is 0 Å². The van der Waals surface area contributed by atoms with Crippen LogP contribution in [0.25, 0.3) is 0 Å². The van der Waals surface area contributed by atoms with E-state index in [0.717, 1.165) is 37.9 Å². The molecule has 0 spiro atoms. The molecule has 2 aromatic rings. The number of nitrogens with zero attached hydrogens (tertiary/aromatic N) is 1. The first-order valence-corrected chi connectivity index (χ1v) is 12.5. The molecule has 0 saturated heterocycles. The largest absolute Gasteiger partial charge is 0.508 e. The smallest absolute Gasteiger partial charge is 0.118 e.